The number of carbonyl (C=O) groups is 2. The fourth-order valence-electron chi connectivity index (χ4n) is 2.61. The van der Waals surface area contributed by atoms with Crippen LogP contribution in [0, 0.1) is 0 Å². The second-order valence-corrected chi connectivity index (χ2v) is 5.66. The first kappa shape index (κ1) is 16.8. The molecule has 0 aromatic rings. The molecule has 0 bridgehead atoms. The van der Waals surface area contributed by atoms with Gasteiger partial charge in [-0.15, -0.1) is 0 Å². The van der Waals surface area contributed by atoms with Crippen molar-refractivity contribution in [1.82, 2.24) is 10.2 Å². The molecule has 1 rings (SSSR count). The van der Waals surface area contributed by atoms with E-state index in [1.165, 1.54) is 0 Å². The van der Waals surface area contributed by atoms with E-state index in [1.54, 1.807) is 12.0 Å². The molecule has 0 atom stereocenters. The van der Waals surface area contributed by atoms with Crippen molar-refractivity contribution in [1.29, 1.82) is 0 Å². The van der Waals surface area contributed by atoms with Crippen LogP contribution >= 0.6 is 0 Å². The molecular weight excluding hydrogens is 260 g/mol. The topological polar surface area (TPSA) is 78.9 Å². The summed E-state index contributed by atoms with van der Waals surface area (Å²) < 4.78 is 5.00. The van der Waals surface area contributed by atoms with Gasteiger partial charge in [-0.2, -0.15) is 0 Å². The lowest BCUT2D eigenvalue weighted by Gasteiger charge is -2.37. The Hall–Kier alpha value is -1.30. The van der Waals surface area contributed by atoms with E-state index in [0.717, 1.165) is 19.3 Å². The second kappa shape index (κ2) is 7.47. The predicted octanol–water partition coefficient (Wildman–Crippen LogP) is 1.84. The fourth-order valence-corrected chi connectivity index (χ4v) is 2.61. The summed E-state index contributed by atoms with van der Waals surface area (Å²) in [6.45, 7) is 4.70. The highest BCUT2D eigenvalue weighted by molar-refractivity contribution is 5.86. The lowest BCUT2D eigenvalue weighted by atomic mass is 9.82. The van der Waals surface area contributed by atoms with Crippen LogP contribution in [0.5, 0.6) is 0 Å². The number of ether oxygens (including phenoxy) is 1. The zero-order chi connectivity index (χ0) is 15.2. The molecule has 0 aliphatic heterocycles. The van der Waals surface area contributed by atoms with Gasteiger partial charge in [0.1, 0.15) is 5.54 Å². The maximum absolute atomic E-state index is 12.4. The summed E-state index contributed by atoms with van der Waals surface area (Å²) in [4.78, 5) is 25.5. The molecule has 2 N–H and O–H groups in total. The molecule has 1 aliphatic rings. The third kappa shape index (κ3) is 4.10. The van der Waals surface area contributed by atoms with Crippen molar-refractivity contribution in [2.45, 2.75) is 57.5 Å². The molecule has 0 spiro atoms. The Labute approximate surface area is 120 Å². The molecule has 0 aromatic heterocycles. The number of carboxylic acid groups (broad SMARTS) is 1. The zero-order valence-electron chi connectivity index (χ0n) is 12.6. The van der Waals surface area contributed by atoms with Crippen molar-refractivity contribution in [3.63, 3.8) is 0 Å². The zero-order valence-corrected chi connectivity index (χ0v) is 12.6. The molecule has 2 amide bonds. The van der Waals surface area contributed by atoms with E-state index in [2.05, 4.69) is 5.32 Å². The van der Waals surface area contributed by atoms with Gasteiger partial charge in [-0.25, -0.2) is 9.59 Å². The molecule has 1 fully saturated rings. The van der Waals surface area contributed by atoms with Gasteiger partial charge in [0.25, 0.3) is 0 Å². The number of urea groups is 1. The Morgan fingerprint density at radius 2 is 1.90 bits per heavy atom. The van der Waals surface area contributed by atoms with Crippen LogP contribution in [0.2, 0.25) is 0 Å². The first-order valence-electron chi connectivity index (χ1n) is 7.24. The molecule has 0 unspecified atom stereocenters. The maximum atomic E-state index is 12.4. The minimum absolute atomic E-state index is 0.000384. The molecule has 116 valence electrons. The molecular formula is C14H26N2O4. The number of carbonyl (C=O) groups excluding carboxylic acids is 1. The van der Waals surface area contributed by atoms with Crippen LogP contribution in [0.1, 0.15) is 46.0 Å². The number of amides is 2. The molecule has 0 radical (unpaired) electrons. The summed E-state index contributed by atoms with van der Waals surface area (Å²) in [5, 5.41) is 12.2. The maximum Gasteiger partial charge on any atom is 0.329 e. The monoisotopic (exact) mass is 286 g/mol. The Balaban J connectivity index is 2.75. The minimum Gasteiger partial charge on any atom is -0.480 e. The smallest absolute Gasteiger partial charge is 0.329 e. The highest BCUT2D eigenvalue weighted by Crippen LogP contribution is 2.28. The molecule has 20 heavy (non-hydrogen) atoms. The van der Waals surface area contributed by atoms with Crippen molar-refractivity contribution in [2.24, 2.45) is 0 Å². The van der Waals surface area contributed by atoms with Gasteiger partial charge < -0.3 is 20.1 Å². The van der Waals surface area contributed by atoms with Gasteiger partial charge in [-0.3, -0.25) is 0 Å². The number of hydrogen-bond donors (Lipinski definition) is 2. The molecule has 6 heteroatoms. The highest BCUT2D eigenvalue weighted by atomic mass is 16.5. The Bertz CT molecular complexity index is 338. The second-order valence-electron chi connectivity index (χ2n) is 5.66. The van der Waals surface area contributed by atoms with E-state index >= 15 is 0 Å². The van der Waals surface area contributed by atoms with Crippen LogP contribution in [0.25, 0.3) is 0 Å². The summed E-state index contributed by atoms with van der Waals surface area (Å²) in [7, 11) is 1.58. The van der Waals surface area contributed by atoms with Gasteiger partial charge in [-0.05, 0) is 26.7 Å². The van der Waals surface area contributed by atoms with Crippen molar-refractivity contribution in [3.8, 4) is 0 Å². The van der Waals surface area contributed by atoms with E-state index in [4.69, 9.17) is 4.74 Å². The molecule has 1 aliphatic carbocycles. The van der Waals surface area contributed by atoms with E-state index in [1.807, 2.05) is 13.8 Å². The normalized spacial score (nSPS) is 17.8. The summed E-state index contributed by atoms with van der Waals surface area (Å²) in [6.07, 6.45) is 3.72. The number of nitrogens with zero attached hydrogens (tertiary/aromatic N) is 1. The van der Waals surface area contributed by atoms with Crippen molar-refractivity contribution < 1.29 is 19.4 Å². The average Bonchev–Trinajstić information content (AvgIpc) is 2.39. The summed E-state index contributed by atoms with van der Waals surface area (Å²) in [5.74, 6) is -0.930. The van der Waals surface area contributed by atoms with Crippen molar-refractivity contribution >= 4 is 12.0 Å². The first-order chi connectivity index (χ1) is 9.43. The number of methoxy groups -OCH3 is 1. The molecule has 0 heterocycles. The number of hydrogen-bond acceptors (Lipinski definition) is 3. The third-order valence-corrected chi connectivity index (χ3v) is 3.88. The van der Waals surface area contributed by atoms with Crippen LogP contribution in [-0.4, -0.2) is 53.8 Å². The fraction of sp³-hybridized carbons (Fsp3) is 0.857. The first-order valence-corrected chi connectivity index (χ1v) is 7.24. The van der Waals surface area contributed by atoms with Gasteiger partial charge in [0.2, 0.25) is 0 Å². The van der Waals surface area contributed by atoms with Crippen molar-refractivity contribution in [2.75, 3.05) is 20.3 Å². The van der Waals surface area contributed by atoms with Gasteiger partial charge in [0.15, 0.2) is 0 Å². The lowest BCUT2D eigenvalue weighted by Crippen LogP contribution is -2.60. The molecule has 0 aromatic carbocycles. The number of aliphatic carboxylic acids is 1. The number of nitrogens with one attached hydrogen (secondary N) is 1. The van der Waals surface area contributed by atoms with Crippen LogP contribution in [0.3, 0.4) is 0 Å². The Morgan fingerprint density at radius 3 is 2.35 bits per heavy atom. The predicted molar refractivity (Wildman–Crippen MR) is 75.7 cm³/mol. The molecule has 6 nitrogen and oxygen atoms in total. The van der Waals surface area contributed by atoms with E-state index in [9.17, 15) is 14.7 Å². The highest BCUT2D eigenvalue weighted by Gasteiger charge is 2.42. The van der Waals surface area contributed by atoms with Crippen molar-refractivity contribution in [3.05, 3.63) is 0 Å². The summed E-state index contributed by atoms with van der Waals surface area (Å²) >= 11 is 0. The third-order valence-electron chi connectivity index (χ3n) is 3.88. The average molecular weight is 286 g/mol. The SMILES string of the molecule is COCCN(C(=O)NC1(C(=O)O)CCCCC1)C(C)C. The summed E-state index contributed by atoms with van der Waals surface area (Å²) in [5.41, 5.74) is -1.10. The van der Waals surface area contributed by atoms with E-state index in [0.29, 0.717) is 26.0 Å². The van der Waals surface area contributed by atoms with Crippen LogP contribution in [-0.2, 0) is 9.53 Å². The number of carboxylic acids is 1. The quantitative estimate of drug-likeness (QED) is 0.781. The molecule has 1 saturated carbocycles. The number of rotatable bonds is 6. The van der Waals surface area contributed by atoms with Gasteiger partial charge in [0, 0.05) is 19.7 Å². The van der Waals surface area contributed by atoms with Crippen LogP contribution in [0.4, 0.5) is 4.79 Å². The van der Waals surface area contributed by atoms with E-state index < -0.39 is 11.5 Å². The van der Waals surface area contributed by atoms with Crippen LogP contribution < -0.4 is 5.32 Å². The van der Waals surface area contributed by atoms with Gasteiger partial charge in [-0.1, -0.05) is 19.3 Å². The standard InChI is InChI=1S/C14H26N2O4/c1-11(2)16(9-10-20-3)13(19)15-14(12(17)18)7-5-4-6-8-14/h11H,4-10H2,1-3H3,(H,15,19)(H,17,18). The van der Waals surface area contributed by atoms with Crippen LogP contribution in [0.15, 0.2) is 0 Å². The lowest BCUT2D eigenvalue weighted by molar-refractivity contribution is -0.146. The minimum atomic E-state index is -1.10. The van der Waals surface area contributed by atoms with Gasteiger partial charge in [0.05, 0.1) is 6.61 Å². The molecule has 0 saturated heterocycles. The summed E-state index contributed by atoms with van der Waals surface area (Å²) in [6, 6.07) is -0.319. The van der Waals surface area contributed by atoms with Gasteiger partial charge >= 0.3 is 12.0 Å². The largest absolute Gasteiger partial charge is 0.480 e. The Kier molecular flexibility index (Phi) is 6.26. The van der Waals surface area contributed by atoms with E-state index in [-0.39, 0.29) is 12.1 Å². The Morgan fingerprint density at radius 1 is 1.30 bits per heavy atom.